The number of nitrogens with zero attached hydrogens (tertiary/aromatic N) is 1. The van der Waals surface area contributed by atoms with Crippen LogP contribution in [0.4, 0.5) is 0 Å². The van der Waals surface area contributed by atoms with E-state index in [1.54, 1.807) is 7.05 Å². The highest BCUT2D eigenvalue weighted by atomic mass is 16.1. The average molecular weight is 319 g/mol. The third kappa shape index (κ3) is 3.08. The minimum atomic E-state index is -0.240. The number of hydrogen-bond acceptors (Lipinski definition) is 2. The van der Waals surface area contributed by atoms with Crippen LogP contribution < -0.4 is 11.1 Å². The van der Waals surface area contributed by atoms with Crippen LogP contribution in [0.2, 0.25) is 0 Å². The number of amides is 1. The highest BCUT2D eigenvalue weighted by Crippen LogP contribution is 2.33. The van der Waals surface area contributed by atoms with Crippen LogP contribution in [0, 0.1) is 6.92 Å². The second-order valence-corrected chi connectivity index (χ2v) is 5.91. The summed E-state index contributed by atoms with van der Waals surface area (Å²) >= 11 is 0. The van der Waals surface area contributed by atoms with Gasteiger partial charge in [-0.15, -0.1) is 0 Å². The van der Waals surface area contributed by atoms with Crippen LogP contribution >= 0.6 is 0 Å². The van der Waals surface area contributed by atoms with Crippen molar-refractivity contribution < 1.29 is 4.79 Å². The lowest BCUT2D eigenvalue weighted by molar-refractivity contribution is 0.0976. The van der Waals surface area contributed by atoms with Gasteiger partial charge in [0.1, 0.15) is 0 Å². The number of allylic oxidation sites excluding steroid dienone is 1. The molecule has 0 unspecified atom stereocenters. The number of rotatable bonds is 2. The third-order valence-electron chi connectivity index (χ3n) is 4.34. The van der Waals surface area contributed by atoms with Gasteiger partial charge in [0.2, 0.25) is 0 Å². The Labute approximate surface area is 142 Å². The number of fused-ring (bicyclic) bond motifs is 1. The van der Waals surface area contributed by atoms with Crippen molar-refractivity contribution in [3.63, 3.8) is 0 Å². The van der Waals surface area contributed by atoms with Gasteiger partial charge in [-0.2, -0.15) is 0 Å². The first-order chi connectivity index (χ1) is 11.6. The molecular weight excluding hydrogens is 298 g/mol. The molecule has 3 N–H and O–H groups in total. The van der Waals surface area contributed by atoms with E-state index in [-0.39, 0.29) is 11.9 Å². The van der Waals surface area contributed by atoms with E-state index in [0.29, 0.717) is 5.56 Å². The second-order valence-electron chi connectivity index (χ2n) is 5.91. The molecule has 24 heavy (non-hydrogen) atoms. The van der Waals surface area contributed by atoms with E-state index in [9.17, 15) is 4.79 Å². The smallest absolute Gasteiger partial charge is 0.257 e. The van der Waals surface area contributed by atoms with E-state index in [0.717, 1.165) is 18.4 Å². The van der Waals surface area contributed by atoms with Gasteiger partial charge in [-0.3, -0.25) is 15.1 Å². The molecule has 1 amide bonds. The van der Waals surface area contributed by atoms with Crippen molar-refractivity contribution in [1.82, 2.24) is 5.32 Å². The molecule has 1 aliphatic carbocycles. The van der Waals surface area contributed by atoms with Crippen molar-refractivity contribution in [3.8, 4) is 0 Å². The molecule has 0 aromatic heterocycles. The Morgan fingerprint density at radius 3 is 2.71 bits per heavy atom. The number of nitrogens with one attached hydrogen (secondary N) is 1. The van der Waals surface area contributed by atoms with Crippen molar-refractivity contribution in [2.75, 3.05) is 7.05 Å². The van der Waals surface area contributed by atoms with Gasteiger partial charge in [-0.05, 0) is 59.7 Å². The maximum absolute atomic E-state index is 12.3. The Balaban J connectivity index is 2.02. The van der Waals surface area contributed by atoms with Gasteiger partial charge in [-0.25, -0.2) is 0 Å². The summed E-state index contributed by atoms with van der Waals surface area (Å²) in [6.07, 6.45) is 4.26. The number of aryl methyl sites for hydroxylation is 2. The van der Waals surface area contributed by atoms with Gasteiger partial charge in [0.05, 0.1) is 0 Å². The van der Waals surface area contributed by atoms with Gasteiger partial charge in [0.25, 0.3) is 5.91 Å². The van der Waals surface area contributed by atoms with E-state index in [4.69, 9.17) is 5.73 Å². The van der Waals surface area contributed by atoms with Crippen LogP contribution in [0.1, 0.15) is 39.0 Å². The number of carbonyl (C=O) groups is 1. The van der Waals surface area contributed by atoms with Crippen molar-refractivity contribution in [1.29, 1.82) is 0 Å². The molecular formula is C20H21N3O. The minimum Gasteiger partial charge on any atom is -0.370 e. The monoisotopic (exact) mass is 319 g/mol. The van der Waals surface area contributed by atoms with Crippen LogP contribution in [-0.2, 0) is 6.42 Å². The summed E-state index contributed by atoms with van der Waals surface area (Å²) in [4.78, 5) is 16.1. The van der Waals surface area contributed by atoms with Gasteiger partial charge in [0.15, 0.2) is 5.96 Å². The molecule has 4 heteroatoms. The van der Waals surface area contributed by atoms with Crippen molar-refractivity contribution >= 4 is 17.4 Å². The maximum Gasteiger partial charge on any atom is 0.257 e. The lowest BCUT2D eigenvalue weighted by Gasteiger charge is -2.20. The van der Waals surface area contributed by atoms with Gasteiger partial charge < -0.3 is 5.73 Å². The predicted octanol–water partition coefficient (Wildman–Crippen LogP) is 3.05. The van der Waals surface area contributed by atoms with Gasteiger partial charge in [-0.1, -0.05) is 36.4 Å². The van der Waals surface area contributed by atoms with Crippen molar-refractivity contribution in [3.05, 3.63) is 76.4 Å². The summed E-state index contributed by atoms with van der Waals surface area (Å²) in [5.41, 5.74) is 12.2. The molecule has 0 bridgehead atoms. The zero-order valence-electron chi connectivity index (χ0n) is 14.0. The Morgan fingerprint density at radius 2 is 1.96 bits per heavy atom. The topological polar surface area (TPSA) is 67.5 Å². The fraction of sp³-hybridized carbons (Fsp3) is 0.200. The maximum atomic E-state index is 12.3. The largest absolute Gasteiger partial charge is 0.370 e. The fourth-order valence-electron chi connectivity index (χ4n) is 3.04. The lowest BCUT2D eigenvalue weighted by atomic mass is 9.84. The number of guanidine groups is 1. The van der Waals surface area contributed by atoms with Crippen LogP contribution in [-0.4, -0.2) is 18.9 Å². The molecule has 2 aromatic carbocycles. The van der Waals surface area contributed by atoms with Crippen molar-refractivity contribution in [2.24, 2.45) is 10.7 Å². The predicted molar refractivity (Wildman–Crippen MR) is 98.0 cm³/mol. The molecule has 4 nitrogen and oxygen atoms in total. The molecule has 2 aromatic rings. The summed E-state index contributed by atoms with van der Waals surface area (Å²) in [6, 6.07) is 14.2. The van der Waals surface area contributed by atoms with E-state index in [1.165, 1.54) is 22.3 Å². The highest BCUT2D eigenvalue weighted by molar-refractivity contribution is 6.05. The molecule has 0 radical (unpaired) electrons. The number of aliphatic imine (C=N–C) groups is 1. The fourth-order valence-corrected chi connectivity index (χ4v) is 3.04. The molecule has 3 rings (SSSR count). The Hall–Kier alpha value is -2.88. The Kier molecular flexibility index (Phi) is 4.47. The Morgan fingerprint density at radius 1 is 1.17 bits per heavy atom. The first-order valence-corrected chi connectivity index (χ1v) is 8.03. The first kappa shape index (κ1) is 16.0. The number of carbonyl (C=O) groups excluding carboxylic acids is 1. The van der Waals surface area contributed by atoms with Crippen LogP contribution in [0.25, 0.3) is 5.57 Å². The normalized spacial score (nSPS) is 13.9. The second kappa shape index (κ2) is 6.71. The van der Waals surface area contributed by atoms with Crippen LogP contribution in [0.15, 0.2) is 53.5 Å². The molecule has 0 saturated carbocycles. The summed E-state index contributed by atoms with van der Waals surface area (Å²) in [5, 5.41) is 2.59. The summed E-state index contributed by atoms with van der Waals surface area (Å²) < 4.78 is 0. The molecule has 1 aliphatic rings. The number of benzene rings is 2. The highest BCUT2D eigenvalue weighted by Gasteiger charge is 2.18. The lowest BCUT2D eigenvalue weighted by Crippen LogP contribution is -2.36. The molecule has 0 atom stereocenters. The Bertz CT molecular complexity index is 850. The summed E-state index contributed by atoms with van der Waals surface area (Å²) in [5.74, 6) is -0.122. The molecule has 0 saturated heterocycles. The van der Waals surface area contributed by atoms with Crippen LogP contribution in [0.3, 0.4) is 0 Å². The quantitative estimate of drug-likeness (QED) is 0.660. The number of nitrogens with two attached hydrogens (primary N) is 1. The van der Waals surface area contributed by atoms with Gasteiger partial charge >= 0.3 is 0 Å². The van der Waals surface area contributed by atoms with E-state index in [2.05, 4.69) is 35.4 Å². The molecule has 0 spiro atoms. The molecule has 0 fully saturated rings. The van der Waals surface area contributed by atoms with E-state index < -0.39 is 0 Å². The minimum absolute atomic E-state index is 0.118. The third-order valence-corrected chi connectivity index (χ3v) is 4.34. The zero-order valence-corrected chi connectivity index (χ0v) is 14.0. The summed E-state index contributed by atoms with van der Waals surface area (Å²) in [6.45, 7) is 2.11. The van der Waals surface area contributed by atoms with Crippen molar-refractivity contribution in [2.45, 2.75) is 19.8 Å². The average Bonchev–Trinajstić information content (AvgIpc) is 2.61. The molecule has 0 heterocycles. The number of hydrogen-bond donors (Lipinski definition) is 2. The molecule has 122 valence electrons. The van der Waals surface area contributed by atoms with Crippen LogP contribution in [0.5, 0.6) is 0 Å². The zero-order chi connectivity index (χ0) is 17.1. The van der Waals surface area contributed by atoms with Gasteiger partial charge in [0, 0.05) is 12.6 Å². The van der Waals surface area contributed by atoms with E-state index in [1.807, 2.05) is 30.3 Å². The molecule has 0 aliphatic heterocycles. The first-order valence-electron chi connectivity index (χ1n) is 8.03. The standard InChI is InChI=1S/C20H21N3O/c1-13-6-3-4-8-16(13)17-9-5-7-14-10-11-15(12-18(14)17)19(24)23-20(21)22-2/h3-4,6,8-12H,5,7H2,1-2H3,(H3,21,22,23,24). The van der Waals surface area contributed by atoms with E-state index >= 15 is 0 Å². The SMILES string of the molecule is CN=C(N)NC(=O)c1ccc2c(c1)C(c1ccccc1C)=CCC2. The summed E-state index contributed by atoms with van der Waals surface area (Å²) in [7, 11) is 1.54.